The van der Waals surface area contributed by atoms with Crippen LogP contribution in [-0.2, 0) is 0 Å². The van der Waals surface area contributed by atoms with E-state index in [-0.39, 0.29) is 5.91 Å². The van der Waals surface area contributed by atoms with Crippen molar-refractivity contribution >= 4 is 5.91 Å². The molecule has 1 fully saturated rings. The Morgan fingerprint density at radius 2 is 2.05 bits per heavy atom. The van der Waals surface area contributed by atoms with Crippen molar-refractivity contribution in [2.24, 2.45) is 5.92 Å². The van der Waals surface area contributed by atoms with Crippen molar-refractivity contribution in [3.63, 3.8) is 0 Å². The number of hydrogen-bond donors (Lipinski definition) is 1. The Kier molecular flexibility index (Phi) is 4.03. The summed E-state index contributed by atoms with van der Waals surface area (Å²) in [6.07, 6.45) is 3.38. The molecule has 5 heteroatoms. The molecule has 0 spiro atoms. The molecule has 2 rings (SSSR count). The SMILES string of the molecule is Cc1cc(C(=O)NC2(C#N)CCC(C)CC2)c(C)nn1. The van der Waals surface area contributed by atoms with Crippen molar-refractivity contribution in [1.82, 2.24) is 15.5 Å². The van der Waals surface area contributed by atoms with E-state index in [1.54, 1.807) is 19.9 Å². The normalized spacial score (nSPS) is 25.8. The van der Waals surface area contributed by atoms with Crippen LogP contribution in [0.5, 0.6) is 0 Å². The van der Waals surface area contributed by atoms with Gasteiger partial charge in [0.05, 0.1) is 23.0 Å². The van der Waals surface area contributed by atoms with Gasteiger partial charge in [-0.3, -0.25) is 4.79 Å². The Morgan fingerprint density at radius 3 is 2.65 bits per heavy atom. The Hall–Kier alpha value is -1.96. The standard InChI is InChI=1S/C15H20N4O/c1-10-4-6-15(9-16,7-5-10)17-14(20)13-8-11(2)18-19-12(13)3/h8,10H,4-7H2,1-3H3,(H,17,20). The highest BCUT2D eigenvalue weighted by Crippen LogP contribution is 2.31. The Balaban J connectivity index is 2.18. The van der Waals surface area contributed by atoms with Crippen LogP contribution in [0.1, 0.15) is 54.4 Å². The first kappa shape index (κ1) is 14.4. The maximum atomic E-state index is 12.4. The Morgan fingerprint density at radius 1 is 1.40 bits per heavy atom. The smallest absolute Gasteiger partial charge is 0.254 e. The third-order valence-electron chi connectivity index (χ3n) is 4.04. The van der Waals surface area contributed by atoms with E-state index in [0.717, 1.165) is 12.8 Å². The topological polar surface area (TPSA) is 78.7 Å². The number of amides is 1. The number of nitriles is 1. The summed E-state index contributed by atoms with van der Waals surface area (Å²) in [6.45, 7) is 5.73. The molecule has 0 saturated heterocycles. The summed E-state index contributed by atoms with van der Waals surface area (Å²) in [5.74, 6) is 0.400. The molecular weight excluding hydrogens is 252 g/mol. The summed E-state index contributed by atoms with van der Waals surface area (Å²) in [5.41, 5.74) is 1.06. The van der Waals surface area contributed by atoms with Gasteiger partial charge in [-0.15, -0.1) is 0 Å². The third kappa shape index (κ3) is 2.96. The summed E-state index contributed by atoms with van der Waals surface area (Å²) < 4.78 is 0. The van der Waals surface area contributed by atoms with Crippen molar-refractivity contribution in [2.45, 2.75) is 52.0 Å². The molecule has 1 amide bonds. The van der Waals surface area contributed by atoms with Gasteiger partial charge in [-0.1, -0.05) is 6.92 Å². The van der Waals surface area contributed by atoms with Crippen LogP contribution >= 0.6 is 0 Å². The van der Waals surface area contributed by atoms with Crippen LogP contribution in [0.3, 0.4) is 0 Å². The zero-order valence-electron chi connectivity index (χ0n) is 12.2. The highest BCUT2D eigenvalue weighted by molar-refractivity contribution is 5.96. The van der Waals surface area contributed by atoms with Crippen LogP contribution in [0.15, 0.2) is 6.07 Å². The first-order valence-corrected chi connectivity index (χ1v) is 7.00. The van der Waals surface area contributed by atoms with Gasteiger partial charge >= 0.3 is 0 Å². The third-order valence-corrected chi connectivity index (χ3v) is 4.04. The second-order valence-electron chi connectivity index (χ2n) is 5.82. The molecule has 5 nitrogen and oxygen atoms in total. The fourth-order valence-corrected chi connectivity index (χ4v) is 2.58. The Bertz CT molecular complexity index is 553. The van der Waals surface area contributed by atoms with Crippen molar-refractivity contribution in [3.8, 4) is 6.07 Å². The minimum absolute atomic E-state index is 0.225. The first-order valence-electron chi connectivity index (χ1n) is 7.00. The van der Waals surface area contributed by atoms with Crippen molar-refractivity contribution in [2.75, 3.05) is 0 Å². The Labute approximate surface area is 119 Å². The van der Waals surface area contributed by atoms with Gasteiger partial charge in [0, 0.05) is 0 Å². The minimum Gasteiger partial charge on any atom is -0.334 e. The molecule has 0 aromatic carbocycles. The van der Waals surface area contributed by atoms with E-state index in [4.69, 9.17) is 0 Å². The first-order chi connectivity index (χ1) is 9.46. The van der Waals surface area contributed by atoms with Gasteiger partial charge in [0.25, 0.3) is 5.91 Å². The number of nitrogens with one attached hydrogen (secondary N) is 1. The lowest BCUT2D eigenvalue weighted by Gasteiger charge is -2.34. The second-order valence-corrected chi connectivity index (χ2v) is 5.82. The molecule has 0 bridgehead atoms. The summed E-state index contributed by atoms with van der Waals surface area (Å²) in [7, 11) is 0. The maximum absolute atomic E-state index is 12.4. The fourth-order valence-electron chi connectivity index (χ4n) is 2.58. The van der Waals surface area contributed by atoms with Gasteiger partial charge in [-0.25, -0.2) is 0 Å². The quantitative estimate of drug-likeness (QED) is 0.896. The van der Waals surface area contributed by atoms with E-state index in [1.807, 2.05) is 0 Å². The summed E-state index contributed by atoms with van der Waals surface area (Å²) in [4.78, 5) is 12.4. The van der Waals surface area contributed by atoms with Crippen LogP contribution in [-0.4, -0.2) is 21.6 Å². The molecule has 20 heavy (non-hydrogen) atoms. The van der Waals surface area contributed by atoms with Crippen LogP contribution < -0.4 is 5.32 Å². The summed E-state index contributed by atoms with van der Waals surface area (Å²) in [5, 5.41) is 20.3. The molecule has 1 aliphatic rings. The summed E-state index contributed by atoms with van der Waals surface area (Å²) >= 11 is 0. The van der Waals surface area contributed by atoms with Crippen LogP contribution in [0.25, 0.3) is 0 Å². The van der Waals surface area contributed by atoms with Gasteiger partial charge in [-0.05, 0) is 51.5 Å². The van der Waals surface area contributed by atoms with Gasteiger partial charge < -0.3 is 5.32 Å². The summed E-state index contributed by atoms with van der Waals surface area (Å²) in [6, 6.07) is 4.02. The van der Waals surface area contributed by atoms with Crippen molar-refractivity contribution in [1.29, 1.82) is 5.26 Å². The van der Waals surface area contributed by atoms with Gasteiger partial charge in [0.2, 0.25) is 0 Å². The molecule has 1 aromatic rings. The monoisotopic (exact) mass is 272 g/mol. The zero-order valence-corrected chi connectivity index (χ0v) is 12.2. The highest BCUT2D eigenvalue weighted by Gasteiger charge is 2.36. The number of aromatic nitrogens is 2. The number of carbonyl (C=O) groups is 1. The van der Waals surface area contributed by atoms with E-state index in [0.29, 0.717) is 35.7 Å². The number of carbonyl (C=O) groups excluding carboxylic acids is 1. The molecular formula is C15H20N4O. The number of nitrogens with zero attached hydrogens (tertiary/aromatic N) is 3. The molecule has 0 radical (unpaired) electrons. The largest absolute Gasteiger partial charge is 0.334 e. The second kappa shape index (κ2) is 5.58. The fraction of sp³-hybridized carbons (Fsp3) is 0.600. The van der Waals surface area contributed by atoms with E-state index in [2.05, 4.69) is 28.5 Å². The lowest BCUT2D eigenvalue weighted by molar-refractivity contribution is 0.0892. The molecule has 0 atom stereocenters. The molecule has 0 aliphatic heterocycles. The van der Waals surface area contributed by atoms with Crippen LogP contribution in [0, 0.1) is 31.1 Å². The lowest BCUT2D eigenvalue weighted by atomic mass is 9.78. The van der Waals surface area contributed by atoms with Crippen molar-refractivity contribution in [3.05, 3.63) is 23.0 Å². The van der Waals surface area contributed by atoms with Gasteiger partial charge in [-0.2, -0.15) is 15.5 Å². The molecule has 1 aliphatic carbocycles. The molecule has 1 N–H and O–H groups in total. The van der Waals surface area contributed by atoms with Crippen LogP contribution in [0.2, 0.25) is 0 Å². The van der Waals surface area contributed by atoms with Crippen LogP contribution in [0.4, 0.5) is 0 Å². The zero-order chi connectivity index (χ0) is 14.8. The number of hydrogen-bond acceptors (Lipinski definition) is 4. The van der Waals surface area contributed by atoms with Gasteiger partial charge in [0.1, 0.15) is 5.54 Å². The number of rotatable bonds is 2. The minimum atomic E-state index is -0.729. The molecule has 0 unspecified atom stereocenters. The molecule has 1 saturated carbocycles. The van der Waals surface area contributed by atoms with E-state index in [9.17, 15) is 10.1 Å². The van der Waals surface area contributed by atoms with Gasteiger partial charge in [0.15, 0.2) is 0 Å². The predicted molar refractivity (Wildman–Crippen MR) is 74.9 cm³/mol. The van der Waals surface area contributed by atoms with E-state index >= 15 is 0 Å². The maximum Gasteiger partial charge on any atom is 0.254 e. The lowest BCUT2D eigenvalue weighted by Crippen LogP contribution is -2.49. The average molecular weight is 272 g/mol. The van der Waals surface area contributed by atoms with Crippen molar-refractivity contribution < 1.29 is 4.79 Å². The average Bonchev–Trinajstić information content (AvgIpc) is 2.44. The van der Waals surface area contributed by atoms with E-state index in [1.165, 1.54) is 0 Å². The molecule has 1 aromatic heterocycles. The molecule has 1 heterocycles. The predicted octanol–water partition coefficient (Wildman–Crippen LogP) is 2.30. The number of aryl methyl sites for hydroxylation is 2. The van der Waals surface area contributed by atoms with E-state index < -0.39 is 5.54 Å². The highest BCUT2D eigenvalue weighted by atomic mass is 16.1. The molecule has 106 valence electrons.